The van der Waals surface area contributed by atoms with Crippen LogP contribution in [0.3, 0.4) is 0 Å². The Morgan fingerprint density at radius 2 is 1.96 bits per heavy atom. The zero-order valence-electron chi connectivity index (χ0n) is 12.3. The average Bonchev–Trinajstić information content (AvgIpc) is 2.94. The summed E-state index contributed by atoms with van der Waals surface area (Å²) in [6.07, 6.45) is 0. The first-order valence-electron chi connectivity index (χ1n) is 6.83. The Balaban J connectivity index is 1.70. The van der Waals surface area contributed by atoms with Crippen LogP contribution >= 0.6 is 23.1 Å². The van der Waals surface area contributed by atoms with Crippen LogP contribution in [0.25, 0.3) is 10.2 Å². The van der Waals surface area contributed by atoms with Crippen LogP contribution < -0.4 is 10.5 Å². The maximum atomic E-state index is 12.0. The lowest BCUT2D eigenvalue weighted by molar-refractivity contribution is -0.113. The fourth-order valence-corrected chi connectivity index (χ4v) is 4.21. The van der Waals surface area contributed by atoms with Crippen LogP contribution in [0.15, 0.2) is 58.3 Å². The Bertz CT molecular complexity index is 985. The number of aromatic nitrogens is 1. The number of hydrogen-bond acceptors (Lipinski definition) is 6. The van der Waals surface area contributed by atoms with Crippen LogP contribution in [-0.2, 0) is 14.8 Å². The van der Waals surface area contributed by atoms with Crippen molar-refractivity contribution in [2.45, 2.75) is 9.79 Å². The van der Waals surface area contributed by atoms with Crippen LogP contribution in [0, 0.1) is 0 Å². The molecule has 0 spiro atoms. The number of carbonyl (C=O) groups is 1. The molecular weight excluding hydrogens is 366 g/mol. The van der Waals surface area contributed by atoms with E-state index in [1.807, 2.05) is 30.3 Å². The number of nitrogens with one attached hydrogen (secondary N) is 1. The Morgan fingerprint density at radius 1 is 1.21 bits per heavy atom. The number of anilines is 1. The van der Waals surface area contributed by atoms with Crippen LogP contribution in [0.5, 0.6) is 0 Å². The Morgan fingerprint density at radius 3 is 2.67 bits per heavy atom. The molecule has 24 heavy (non-hydrogen) atoms. The molecule has 0 radical (unpaired) electrons. The van der Waals surface area contributed by atoms with Crippen molar-refractivity contribution in [3.05, 3.63) is 48.5 Å². The highest BCUT2D eigenvalue weighted by Gasteiger charge is 2.12. The molecule has 0 aliphatic rings. The third-order valence-electron chi connectivity index (χ3n) is 3.05. The fourth-order valence-electron chi connectivity index (χ4n) is 1.96. The van der Waals surface area contributed by atoms with Gasteiger partial charge in [0.1, 0.15) is 0 Å². The number of sulfonamides is 1. The van der Waals surface area contributed by atoms with Gasteiger partial charge in [0, 0.05) is 4.90 Å². The van der Waals surface area contributed by atoms with Crippen LogP contribution in [0.1, 0.15) is 0 Å². The molecule has 0 fully saturated rings. The molecule has 1 aromatic heterocycles. The summed E-state index contributed by atoms with van der Waals surface area (Å²) >= 11 is 2.63. The Labute approximate surface area is 147 Å². The number of fused-ring (bicyclic) bond motifs is 1. The summed E-state index contributed by atoms with van der Waals surface area (Å²) in [5.74, 6) is 0.0946. The zero-order chi connectivity index (χ0) is 17.2. The van der Waals surface area contributed by atoms with Crippen molar-refractivity contribution in [1.29, 1.82) is 0 Å². The lowest BCUT2D eigenvalue weighted by atomic mass is 10.3. The summed E-state index contributed by atoms with van der Waals surface area (Å²) in [5.41, 5.74) is 0.610. The van der Waals surface area contributed by atoms with Crippen molar-refractivity contribution >= 4 is 54.4 Å². The van der Waals surface area contributed by atoms with E-state index in [4.69, 9.17) is 5.14 Å². The molecule has 6 nitrogen and oxygen atoms in total. The summed E-state index contributed by atoms with van der Waals surface area (Å²) in [7, 11) is -3.76. The topological polar surface area (TPSA) is 102 Å². The predicted octanol–water partition coefficient (Wildman–Crippen LogP) is 2.67. The molecule has 0 atom stereocenters. The smallest absolute Gasteiger partial charge is 0.238 e. The number of hydrogen-bond donors (Lipinski definition) is 2. The lowest BCUT2D eigenvalue weighted by Gasteiger charge is -2.01. The average molecular weight is 379 g/mol. The number of benzene rings is 2. The summed E-state index contributed by atoms with van der Waals surface area (Å²) in [6, 6.07) is 14.0. The second-order valence-corrected chi connectivity index (χ2v) is 8.48. The van der Waals surface area contributed by atoms with E-state index in [2.05, 4.69) is 10.3 Å². The van der Waals surface area contributed by atoms with E-state index in [1.54, 1.807) is 6.07 Å². The second-order valence-electron chi connectivity index (χ2n) is 4.84. The molecule has 9 heteroatoms. The quantitative estimate of drug-likeness (QED) is 0.664. The monoisotopic (exact) mass is 379 g/mol. The van der Waals surface area contributed by atoms with E-state index < -0.39 is 10.0 Å². The summed E-state index contributed by atoms with van der Waals surface area (Å²) in [4.78, 5) is 17.3. The SMILES string of the molecule is NS(=O)(=O)c1ccc2nc(NC(=O)CSc3ccccc3)sc2c1. The van der Waals surface area contributed by atoms with E-state index in [0.717, 1.165) is 4.90 Å². The normalized spacial score (nSPS) is 11.5. The van der Waals surface area contributed by atoms with Gasteiger partial charge in [0.25, 0.3) is 0 Å². The molecule has 0 saturated heterocycles. The van der Waals surface area contributed by atoms with Gasteiger partial charge >= 0.3 is 0 Å². The number of carbonyl (C=O) groups excluding carboxylic acids is 1. The number of thiazole rings is 1. The van der Waals surface area contributed by atoms with E-state index in [9.17, 15) is 13.2 Å². The molecule has 0 unspecified atom stereocenters. The van der Waals surface area contributed by atoms with Gasteiger partial charge in [-0.3, -0.25) is 4.79 Å². The first kappa shape index (κ1) is 16.9. The number of nitrogens with two attached hydrogens (primary N) is 1. The van der Waals surface area contributed by atoms with Crippen molar-refractivity contribution in [2.75, 3.05) is 11.1 Å². The predicted molar refractivity (Wildman–Crippen MR) is 96.8 cm³/mol. The number of amides is 1. The second kappa shape index (κ2) is 6.89. The first-order chi connectivity index (χ1) is 11.4. The minimum absolute atomic E-state index is 0.0242. The minimum Gasteiger partial charge on any atom is -0.301 e. The highest BCUT2D eigenvalue weighted by atomic mass is 32.2. The molecule has 0 aliphatic heterocycles. The molecular formula is C15H13N3O3S3. The molecule has 0 aliphatic carbocycles. The number of nitrogens with zero attached hydrogens (tertiary/aromatic N) is 1. The van der Waals surface area contributed by atoms with Crippen LogP contribution in [0.2, 0.25) is 0 Å². The maximum absolute atomic E-state index is 12.0. The first-order valence-corrected chi connectivity index (χ1v) is 10.2. The number of thioether (sulfide) groups is 1. The highest BCUT2D eigenvalue weighted by molar-refractivity contribution is 8.00. The van der Waals surface area contributed by atoms with Gasteiger partial charge < -0.3 is 5.32 Å². The molecule has 3 rings (SSSR count). The number of rotatable bonds is 5. The van der Waals surface area contributed by atoms with Gasteiger partial charge in [-0.05, 0) is 30.3 Å². The minimum atomic E-state index is -3.76. The largest absolute Gasteiger partial charge is 0.301 e. The zero-order valence-corrected chi connectivity index (χ0v) is 14.7. The van der Waals surface area contributed by atoms with Gasteiger partial charge in [0.05, 0.1) is 20.9 Å². The van der Waals surface area contributed by atoms with Crippen molar-refractivity contribution < 1.29 is 13.2 Å². The third-order valence-corrected chi connectivity index (χ3v) is 5.90. The molecule has 124 valence electrons. The Hall–Kier alpha value is -1.94. The standard InChI is InChI=1S/C15H13N3O3S3/c16-24(20,21)11-6-7-12-13(8-11)23-15(17-12)18-14(19)9-22-10-4-2-1-3-5-10/h1-8H,9H2,(H2,16,20,21)(H,17,18,19). The Kier molecular flexibility index (Phi) is 4.86. The number of primary sulfonamides is 1. The van der Waals surface area contributed by atoms with Crippen LogP contribution in [-0.4, -0.2) is 25.1 Å². The molecule has 0 saturated carbocycles. The van der Waals surface area contributed by atoms with Crippen molar-refractivity contribution in [3.63, 3.8) is 0 Å². The summed E-state index contributed by atoms with van der Waals surface area (Å²) in [6.45, 7) is 0. The van der Waals surface area contributed by atoms with Gasteiger partial charge in [-0.1, -0.05) is 29.5 Å². The van der Waals surface area contributed by atoms with E-state index in [0.29, 0.717) is 15.3 Å². The molecule has 1 amide bonds. The van der Waals surface area contributed by atoms with Gasteiger partial charge in [-0.25, -0.2) is 18.5 Å². The van der Waals surface area contributed by atoms with E-state index in [1.165, 1.54) is 35.2 Å². The van der Waals surface area contributed by atoms with Crippen molar-refractivity contribution in [3.8, 4) is 0 Å². The van der Waals surface area contributed by atoms with E-state index in [-0.39, 0.29) is 16.6 Å². The van der Waals surface area contributed by atoms with Crippen LogP contribution in [0.4, 0.5) is 5.13 Å². The van der Waals surface area contributed by atoms with Gasteiger partial charge in [0.2, 0.25) is 15.9 Å². The van der Waals surface area contributed by atoms with E-state index >= 15 is 0 Å². The maximum Gasteiger partial charge on any atom is 0.238 e. The summed E-state index contributed by atoms with van der Waals surface area (Å²) in [5, 5.41) is 8.27. The third kappa shape index (κ3) is 4.12. The molecule has 1 heterocycles. The van der Waals surface area contributed by atoms with Gasteiger partial charge in [-0.15, -0.1) is 11.8 Å². The highest BCUT2D eigenvalue weighted by Crippen LogP contribution is 2.28. The molecule has 2 aromatic carbocycles. The van der Waals surface area contributed by atoms with Crippen molar-refractivity contribution in [2.24, 2.45) is 5.14 Å². The van der Waals surface area contributed by atoms with Gasteiger partial charge in [0.15, 0.2) is 5.13 Å². The summed E-state index contributed by atoms with van der Waals surface area (Å²) < 4.78 is 23.4. The molecule has 3 N–H and O–H groups in total. The molecule has 0 bridgehead atoms. The van der Waals surface area contributed by atoms with Gasteiger partial charge in [-0.2, -0.15) is 0 Å². The van der Waals surface area contributed by atoms with Crippen molar-refractivity contribution in [1.82, 2.24) is 4.98 Å². The fraction of sp³-hybridized carbons (Fsp3) is 0.0667. The molecule has 3 aromatic rings. The lowest BCUT2D eigenvalue weighted by Crippen LogP contribution is -2.13.